The fraction of sp³-hybridized carbons (Fsp3) is 0.136. The van der Waals surface area contributed by atoms with Crippen molar-refractivity contribution in [2.45, 2.75) is 6.92 Å². The molecule has 1 aliphatic heterocycles. The molecular weight excluding hydrogens is 374 g/mol. The van der Waals surface area contributed by atoms with Crippen molar-refractivity contribution in [3.63, 3.8) is 0 Å². The summed E-state index contributed by atoms with van der Waals surface area (Å²) in [4.78, 5) is 38.6. The van der Waals surface area contributed by atoms with E-state index in [9.17, 15) is 19.5 Å². The Morgan fingerprint density at radius 1 is 1.00 bits per heavy atom. The van der Waals surface area contributed by atoms with E-state index in [1.54, 1.807) is 31.2 Å². The van der Waals surface area contributed by atoms with Gasteiger partial charge in [-0.3, -0.25) is 9.69 Å². The van der Waals surface area contributed by atoms with Gasteiger partial charge in [0.05, 0.1) is 30.9 Å². The molecule has 0 atom stereocenters. The maximum absolute atomic E-state index is 13.2. The van der Waals surface area contributed by atoms with Crippen LogP contribution in [0, 0.1) is 0 Å². The van der Waals surface area contributed by atoms with Crippen LogP contribution in [-0.2, 0) is 19.1 Å². The number of allylic oxidation sites excluding steroid dienone is 1. The molecule has 0 saturated heterocycles. The Morgan fingerprint density at radius 2 is 1.66 bits per heavy atom. The zero-order valence-corrected chi connectivity index (χ0v) is 16.1. The second-order valence-electron chi connectivity index (χ2n) is 6.28. The quantitative estimate of drug-likeness (QED) is 0.634. The van der Waals surface area contributed by atoms with Crippen LogP contribution < -0.4 is 4.90 Å². The highest BCUT2D eigenvalue weighted by molar-refractivity contribution is 6.23. The fourth-order valence-electron chi connectivity index (χ4n) is 3.14. The van der Waals surface area contributed by atoms with E-state index in [1.165, 1.54) is 49.5 Å². The lowest BCUT2D eigenvalue weighted by atomic mass is 10.0. The minimum Gasteiger partial charge on any atom is -0.508 e. The van der Waals surface area contributed by atoms with E-state index < -0.39 is 17.8 Å². The predicted molar refractivity (Wildman–Crippen MR) is 106 cm³/mol. The lowest BCUT2D eigenvalue weighted by molar-refractivity contribution is -0.136. The Morgan fingerprint density at radius 3 is 2.24 bits per heavy atom. The minimum atomic E-state index is -0.643. The first kappa shape index (κ1) is 19.9. The molecule has 0 spiro atoms. The van der Waals surface area contributed by atoms with Crippen molar-refractivity contribution in [1.82, 2.24) is 0 Å². The molecule has 7 heteroatoms. The number of rotatable bonds is 4. The Labute approximate surface area is 167 Å². The Bertz CT molecular complexity index is 1050. The first-order chi connectivity index (χ1) is 13.9. The summed E-state index contributed by atoms with van der Waals surface area (Å²) < 4.78 is 9.55. The van der Waals surface area contributed by atoms with E-state index in [2.05, 4.69) is 4.74 Å². The zero-order valence-electron chi connectivity index (χ0n) is 16.1. The lowest BCUT2D eigenvalue weighted by Gasteiger charge is -2.18. The van der Waals surface area contributed by atoms with E-state index in [0.29, 0.717) is 22.5 Å². The van der Waals surface area contributed by atoms with Gasteiger partial charge in [0.2, 0.25) is 0 Å². The molecule has 1 N–H and O–H groups in total. The summed E-state index contributed by atoms with van der Waals surface area (Å²) in [5.74, 6) is -1.51. The summed E-state index contributed by atoms with van der Waals surface area (Å²) >= 11 is 0. The smallest absolute Gasteiger partial charge is 0.340 e. The monoisotopic (exact) mass is 393 g/mol. The normalized spacial score (nSPS) is 15.1. The topological polar surface area (TPSA) is 93.1 Å². The molecule has 29 heavy (non-hydrogen) atoms. The number of phenols is 1. The van der Waals surface area contributed by atoms with E-state index in [-0.39, 0.29) is 16.9 Å². The molecule has 1 amide bonds. The highest BCUT2D eigenvalue weighted by atomic mass is 16.5. The largest absolute Gasteiger partial charge is 0.508 e. The molecule has 148 valence electrons. The second kappa shape index (κ2) is 8.02. The third-order valence-corrected chi connectivity index (χ3v) is 4.52. The van der Waals surface area contributed by atoms with Crippen molar-refractivity contribution in [2.24, 2.45) is 0 Å². The summed E-state index contributed by atoms with van der Waals surface area (Å²) in [5.41, 5.74) is 2.08. The highest BCUT2D eigenvalue weighted by Crippen LogP contribution is 2.35. The average Bonchev–Trinajstić information content (AvgIpc) is 2.96. The Hall–Kier alpha value is -3.87. The Balaban J connectivity index is 2.08. The van der Waals surface area contributed by atoms with E-state index in [1.807, 2.05) is 0 Å². The maximum Gasteiger partial charge on any atom is 0.340 e. The van der Waals surface area contributed by atoms with Crippen molar-refractivity contribution >= 4 is 29.6 Å². The van der Waals surface area contributed by atoms with Crippen LogP contribution in [0.15, 0.2) is 65.4 Å². The van der Waals surface area contributed by atoms with Crippen LogP contribution in [-0.4, -0.2) is 37.2 Å². The molecule has 0 aromatic heterocycles. The standard InChI is InChI=1S/C22H19NO6/c1-13-19(22(27)29-3)18(12-14-5-4-6-17(24)11-14)20(25)23(13)16-9-7-15(8-10-16)21(26)28-2/h4-12,24H,1-3H3. The first-order valence-corrected chi connectivity index (χ1v) is 8.70. The maximum atomic E-state index is 13.2. The number of amides is 1. The molecule has 2 aromatic carbocycles. The molecule has 1 heterocycles. The molecule has 0 unspecified atom stereocenters. The van der Waals surface area contributed by atoms with Crippen molar-refractivity contribution in [3.05, 3.63) is 76.5 Å². The van der Waals surface area contributed by atoms with Crippen LogP contribution in [0.25, 0.3) is 6.08 Å². The summed E-state index contributed by atoms with van der Waals surface area (Å²) in [6, 6.07) is 12.6. The van der Waals surface area contributed by atoms with Crippen molar-refractivity contribution in [3.8, 4) is 5.75 Å². The van der Waals surface area contributed by atoms with Gasteiger partial charge >= 0.3 is 11.9 Å². The van der Waals surface area contributed by atoms with Gasteiger partial charge in [-0.15, -0.1) is 0 Å². The third-order valence-electron chi connectivity index (χ3n) is 4.52. The summed E-state index contributed by atoms with van der Waals surface area (Å²) in [6.07, 6.45) is 1.53. The van der Waals surface area contributed by atoms with Crippen LogP contribution in [0.2, 0.25) is 0 Å². The number of methoxy groups -OCH3 is 2. The number of nitrogens with zero attached hydrogens (tertiary/aromatic N) is 1. The fourth-order valence-corrected chi connectivity index (χ4v) is 3.14. The van der Waals surface area contributed by atoms with Crippen LogP contribution in [0.5, 0.6) is 5.75 Å². The Kier molecular flexibility index (Phi) is 5.50. The van der Waals surface area contributed by atoms with Crippen LogP contribution >= 0.6 is 0 Å². The number of anilines is 1. The van der Waals surface area contributed by atoms with Crippen LogP contribution in [0.3, 0.4) is 0 Å². The van der Waals surface area contributed by atoms with Gasteiger partial charge in [0, 0.05) is 11.4 Å². The molecule has 7 nitrogen and oxygen atoms in total. The molecule has 3 rings (SSSR count). The molecule has 0 radical (unpaired) electrons. The van der Waals surface area contributed by atoms with Gasteiger partial charge in [-0.05, 0) is 55.0 Å². The number of esters is 2. The summed E-state index contributed by atoms with van der Waals surface area (Å²) in [5, 5.41) is 9.68. The SMILES string of the molecule is COC(=O)C1=C(C)N(c2ccc(C(=O)OC)cc2)C(=O)C1=Cc1cccc(O)c1. The van der Waals surface area contributed by atoms with Crippen molar-refractivity contribution in [1.29, 1.82) is 0 Å². The number of benzene rings is 2. The zero-order chi connectivity index (χ0) is 21.1. The number of phenolic OH excluding ortho intramolecular Hbond substituents is 1. The summed E-state index contributed by atoms with van der Waals surface area (Å²) in [7, 11) is 2.53. The lowest BCUT2D eigenvalue weighted by Crippen LogP contribution is -2.24. The number of carbonyl (C=O) groups excluding carboxylic acids is 3. The predicted octanol–water partition coefficient (Wildman–Crippen LogP) is 3.06. The van der Waals surface area contributed by atoms with E-state index >= 15 is 0 Å². The molecule has 1 aliphatic rings. The molecule has 0 fully saturated rings. The minimum absolute atomic E-state index is 0.0420. The molecule has 2 aromatic rings. The van der Waals surface area contributed by atoms with Gasteiger partial charge in [0.1, 0.15) is 5.75 Å². The number of aromatic hydroxyl groups is 1. The molecular formula is C22H19NO6. The molecule has 0 saturated carbocycles. The molecule has 0 aliphatic carbocycles. The van der Waals surface area contributed by atoms with Gasteiger partial charge in [-0.25, -0.2) is 9.59 Å². The highest BCUT2D eigenvalue weighted by Gasteiger charge is 2.37. The summed E-state index contributed by atoms with van der Waals surface area (Å²) in [6.45, 7) is 1.64. The van der Waals surface area contributed by atoms with Gasteiger partial charge in [0.25, 0.3) is 5.91 Å². The second-order valence-corrected chi connectivity index (χ2v) is 6.28. The van der Waals surface area contributed by atoms with Gasteiger partial charge in [-0.1, -0.05) is 12.1 Å². The van der Waals surface area contributed by atoms with E-state index in [0.717, 1.165) is 0 Å². The average molecular weight is 393 g/mol. The van der Waals surface area contributed by atoms with E-state index in [4.69, 9.17) is 4.74 Å². The molecule has 0 bridgehead atoms. The number of carbonyl (C=O) groups is 3. The third kappa shape index (κ3) is 3.75. The van der Waals surface area contributed by atoms with Gasteiger partial charge in [-0.2, -0.15) is 0 Å². The van der Waals surface area contributed by atoms with Crippen molar-refractivity contribution in [2.75, 3.05) is 19.1 Å². The first-order valence-electron chi connectivity index (χ1n) is 8.70. The van der Waals surface area contributed by atoms with Crippen molar-refractivity contribution < 1.29 is 29.0 Å². The van der Waals surface area contributed by atoms with Gasteiger partial charge in [0.15, 0.2) is 0 Å². The van der Waals surface area contributed by atoms with Crippen LogP contribution in [0.4, 0.5) is 5.69 Å². The number of hydrogen-bond acceptors (Lipinski definition) is 6. The van der Waals surface area contributed by atoms with Gasteiger partial charge < -0.3 is 14.6 Å². The van der Waals surface area contributed by atoms with Crippen LogP contribution in [0.1, 0.15) is 22.8 Å². The number of hydrogen-bond donors (Lipinski definition) is 1. The number of ether oxygens (including phenoxy) is 2.